The van der Waals surface area contributed by atoms with Crippen molar-refractivity contribution in [2.45, 2.75) is 6.92 Å². The number of halogens is 1. The predicted octanol–water partition coefficient (Wildman–Crippen LogP) is 2.05. The molecule has 0 spiro atoms. The maximum atomic E-state index is 10.5. The molecule has 0 aliphatic heterocycles. The number of aromatic carboxylic acids is 1. The average Bonchev–Trinajstić information content (AvgIpc) is 2.00. The molecule has 0 unspecified atom stereocenters. The van der Waals surface area contributed by atoms with Crippen LogP contribution in [0.3, 0.4) is 0 Å². The second-order valence-electron chi connectivity index (χ2n) is 2.37. The van der Waals surface area contributed by atoms with E-state index in [0.717, 1.165) is 0 Å². The molecule has 4 heteroatoms. The van der Waals surface area contributed by atoms with Gasteiger partial charge in [0.25, 0.3) is 0 Å². The van der Waals surface area contributed by atoms with Gasteiger partial charge in [0.05, 0.1) is 0 Å². The van der Waals surface area contributed by atoms with E-state index in [4.69, 9.17) is 16.7 Å². The maximum absolute atomic E-state index is 10.5. The summed E-state index contributed by atoms with van der Waals surface area (Å²) < 4.78 is 0. The highest BCUT2D eigenvalue weighted by molar-refractivity contribution is 6.31. The summed E-state index contributed by atoms with van der Waals surface area (Å²) in [6, 6.07) is 2.72. The number of aromatic hydroxyl groups is 1. The molecule has 0 saturated carbocycles. The standard InChI is InChI=1S/C8H7ClO3/c1-4-6(9)3-2-5(7(4)10)8(11)12/h2-3,10H,1H3,(H,11,12). The Morgan fingerprint density at radius 1 is 1.50 bits per heavy atom. The first-order valence-electron chi connectivity index (χ1n) is 3.25. The first-order valence-corrected chi connectivity index (χ1v) is 3.63. The molecule has 0 bridgehead atoms. The summed E-state index contributed by atoms with van der Waals surface area (Å²) >= 11 is 5.64. The lowest BCUT2D eigenvalue weighted by Gasteiger charge is -2.03. The first-order chi connectivity index (χ1) is 5.54. The fourth-order valence-electron chi connectivity index (χ4n) is 0.848. The van der Waals surface area contributed by atoms with Crippen LogP contribution in [-0.4, -0.2) is 16.2 Å². The van der Waals surface area contributed by atoms with Gasteiger partial charge in [0.15, 0.2) is 0 Å². The van der Waals surface area contributed by atoms with Crippen LogP contribution in [0.15, 0.2) is 12.1 Å². The Kier molecular flexibility index (Phi) is 2.24. The van der Waals surface area contributed by atoms with E-state index in [1.165, 1.54) is 12.1 Å². The van der Waals surface area contributed by atoms with Crippen molar-refractivity contribution in [3.63, 3.8) is 0 Å². The van der Waals surface area contributed by atoms with Crippen LogP contribution in [0, 0.1) is 6.92 Å². The second-order valence-corrected chi connectivity index (χ2v) is 2.78. The van der Waals surface area contributed by atoms with E-state index < -0.39 is 5.97 Å². The summed E-state index contributed by atoms with van der Waals surface area (Å²) in [6.07, 6.45) is 0. The molecule has 0 fully saturated rings. The van der Waals surface area contributed by atoms with Gasteiger partial charge in [0, 0.05) is 10.6 Å². The lowest BCUT2D eigenvalue weighted by Crippen LogP contribution is -1.97. The molecule has 0 aliphatic rings. The summed E-state index contributed by atoms with van der Waals surface area (Å²) in [4.78, 5) is 10.5. The van der Waals surface area contributed by atoms with Crippen molar-refractivity contribution in [2.24, 2.45) is 0 Å². The lowest BCUT2D eigenvalue weighted by molar-refractivity contribution is 0.0693. The molecule has 1 aromatic carbocycles. The smallest absolute Gasteiger partial charge is 0.339 e. The second kappa shape index (κ2) is 3.03. The Bertz CT molecular complexity index is 333. The van der Waals surface area contributed by atoms with E-state index in [1.807, 2.05) is 0 Å². The van der Waals surface area contributed by atoms with Crippen LogP contribution in [-0.2, 0) is 0 Å². The van der Waals surface area contributed by atoms with E-state index >= 15 is 0 Å². The van der Waals surface area contributed by atoms with E-state index in [0.29, 0.717) is 10.6 Å². The number of phenols is 1. The third-order valence-electron chi connectivity index (χ3n) is 1.60. The Labute approximate surface area is 74.2 Å². The van der Waals surface area contributed by atoms with Crippen molar-refractivity contribution in [1.82, 2.24) is 0 Å². The van der Waals surface area contributed by atoms with Crippen LogP contribution in [0.25, 0.3) is 0 Å². The maximum Gasteiger partial charge on any atom is 0.339 e. The summed E-state index contributed by atoms with van der Waals surface area (Å²) in [7, 11) is 0. The van der Waals surface area contributed by atoms with Crippen molar-refractivity contribution in [3.05, 3.63) is 28.3 Å². The van der Waals surface area contributed by atoms with Gasteiger partial charge < -0.3 is 10.2 Å². The van der Waals surface area contributed by atoms with Gasteiger partial charge in [0.1, 0.15) is 11.3 Å². The Hall–Kier alpha value is -1.22. The van der Waals surface area contributed by atoms with E-state index in [9.17, 15) is 9.90 Å². The summed E-state index contributed by atoms with van der Waals surface area (Å²) in [6.45, 7) is 1.56. The van der Waals surface area contributed by atoms with Crippen molar-refractivity contribution >= 4 is 17.6 Å². The van der Waals surface area contributed by atoms with Gasteiger partial charge in [-0.15, -0.1) is 0 Å². The molecule has 3 nitrogen and oxygen atoms in total. The molecule has 0 aliphatic carbocycles. The zero-order valence-corrected chi connectivity index (χ0v) is 7.09. The van der Waals surface area contributed by atoms with Crippen molar-refractivity contribution in [3.8, 4) is 5.75 Å². The van der Waals surface area contributed by atoms with E-state index in [2.05, 4.69) is 0 Å². The molecule has 0 saturated heterocycles. The number of carboxylic acid groups (broad SMARTS) is 1. The van der Waals surface area contributed by atoms with Crippen LogP contribution < -0.4 is 0 Å². The molecule has 1 rings (SSSR count). The predicted molar refractivity (Wildman–Crippen MR) is 44.8 cm³/mol. The number of hydrogen-bond donors (Lipinski definition) is 2. The van der Waals surface area contributed by atoms with Crippen molar-refractivity contribution in [2.75, 3.05) is 0 Å². The number of carboxylic acids is 1. The minimum atomic E-state index is -1.16. The quantitative estimate of drug-likeness (QED) is 0.706. The van der Waals surface area contributed by atoms with Gasteiger partial charge in [-0.3, -0.25) is 0 Å². The largest absolute Gasteiger partial charge is 0.507 e. The molecule has 2 N–H and O–H groups in total. The van der Waals surface area contributed by atoms with Crippen LogP contribution in [0.1, 0.15) is 15.9 Å². The number of rotatable bonds is 1. The molecular formula is C8H7ClO3. The first kappa shape index (κ1) is 8.87. The van der Waals surface area contributed by atoms with Gasteiger partial charge in [-0.25, -0.2) is 4.79 Å². The minimum absolute atomic E-state index is 0.128. The molecule has 12 heavy (non-hydrogen) atoms. The van der Waals surface area contributed by atoms with Crippen molar-refractivity contribution < 1.29 is 15.0 Å². The van der Waals surface area contributed by atoms with E-state index in [1.54, 1.807) is 6.92 Å². The van der Waals surface area contributed by atoms with E-state index in [-0.39, 0.29) is 11.3 Å². The van der Waals surface area contributed by atoms with Gasteiger partial charge in [0.2, 0.25) is 0 Å². The third-order valence-corrected chi connectivity index (χ3v) is 2.00. The Morgan fingerprint density at radius 3 is 2.58 bits per heavy atom. The van der Waals surface area contributed by atoms with Gasteiger partial charge in [-0.1, -0.05) is 11.6 Å². The highest BCUT2D eigenvalue weighted by atomic mass is 35.5. The van der Waals surface area contributed by atoms with Gasteiger partial charge in [-0.2, -0.15) is 0 Å². The zero-order valence-electron chi connectivity index (χ0n) is 6.34. The van der Waals surface area contributed by atoms with Crippen LogP contribution in [0.4, 0.5) is 0 Å². The Balaban J connectivity index is 3.36. The molecule has 0 amide bonds. The molecule has 0 atom stereocenters. The fourth-order valence-corrected chi connectivity index (χ4v) is 1.00. The van der Waals surface area contributed by atoms with Crippen LogP contribution in [0.2, 0.25) is 5.02 Å². The van der Waals surface area contributed by atoms with Crippen LogP contribution >= 0.6 is 11.6 Å². The summed E-state index contributed by atoms with van der Waals surface area (Å²) in [5, 5.41) is 18.2. The third kappa shape index (κ3) is 1.36. The van der Waals surface area contributed by atoms with Gasteiger partial charge >= 0.3 is 5.97 Å². The summed E-state index contributed by atoms with van der Waals surface area (Å²) in [5.74, 6) is -1.43. The fraction of sp³-hybridized carbons (Fsp3) is 0.125. The topological polar surface area (TPSA) is 57.5 Å². The summed E-state index contributed by atoms with van der Waals surface area (Å²) in [5.41, 5.74) is 0.258. The average molecular weight is 187 g/mol. The molecule has 64 valence electrons. The molecule has 0 heterocycles. The number of hydrogen-bond acceptors (Lipinski definition) is 2. The highest BCUT2D eigenvalue weighted by Gasteiger charge is 2.12. The number of carbonyl (C=O) groups is 1. The van der Waals surface area contributed by atoms with Gasteiger partial charge in [-0.05, 0) is 19.1 Å². The molecule has 0 aromatic heterocycles. The van der Waals surface area contributed by atoms with Crippen molar-refractivity contribution in [1.29, 1.82) is 0 Å². The number of benzene rings is 1. The Morgan fingerprint density at radius 2 is 2.08 bits per heavy atom. The lowest BCUT2D eigenvalue weighted by atomic mass is 10.1. The monoisotopic (exact) mass is 186 g/mol. The SMILES string of the molecule is Cc1c(Cl)ccc(C(=O)O)c1O. The van der Waals surface area contributed by atoms with Crippen LogP contribution in [0.5, 0.6) is 5.75 Å². The molecule has 0 radical (unpaired) electrons. The normalized spacial score (nSPS) is 9.83. The molecular weight excluding hydrogens is 180 g/mol. The molecule has 1 aromatic rings. The zero-order chi connectivity index (χ0) is 9.30. The minimum Gasteiger partial charge on any atom is -0.507 e. The highest BCUT2D eigenvalue weighted by Crippen LogP contribution is 2.28.